The van der Waals surface area contributed by atoms with Gasteiger partial charge in [0.1, 0.15) is 6.10 Å². The zero-order valence-corrected chi connectivity index (χ0v) is 14.6. The van der Waals surface area contributed by atoms with E-state index in [0.717, 1.165) is 5.57 Å². The monoisotopic (exact) mass is 332 g/mol. The molecule has 3 aliphatic rings. The van der Waals surface area contributed by atoms with Gasteiger partial charge in [-0.1, -0.05) is 26.0 Å². The van der Waals surface area contributed by atoms with E-state index in [-0.39, 0.29) is 23.6 Å². The number of Topliss-reactive ketones (excluding diaryl/α,β-unsaturated/α-hetero) is 1. The van der Waals surface area contributed by atoms with Gasteiger partial charge < -0.3 is 14.6 Å². The molecule has 5 heteroatoms. The lowest BCUT2D eigenvalue weighted by atomic mass is 9.82. The van der Waals surface area contributed by atoms with Gasteiger partial charge in [0.05, 0.1) is 17.9 Å². The summed E-state index contributed by atoms with van der Waals surface area (Å²) in [6, 6.07) is 0. The lowest BCUT2D eigenvalue weighted by molar-refractivity contribution is -0.141. The van der Waals surface area contributed by atoms with Gasteiger partial charge in [0, 0.05) is 17.8 Å². The van der Waals surface area contributed by atoms with Crippen molar-refractivity contribution < 1.29 is 24.2 Å². The number of esters is 1. The fourth-order valence-electron chi connectivity index (χ4n) is 4.02. The highest BCUT2D eigenvalue weighted by molar-refractivity contribution is 6.11. The maximum atomic E-state index is 12.5. The Morgan fingerprint density at radius 3 is 2.62 bits per heavy atom. The Balaban J connectivity index is 2.05. The van der Waals surface area contributed by atoms with Gasteiger partial charge in [-0.05, 0) is 31.8 Å². The average molecular weight is 332 g/mol. The summed E-state index contributed by atoms with van der Waals surface area (Å²) in [4.78, 5) is 24.6. The number of hydrogen-bond donors (Lipinski definition) is 1. The summed E-state index contributed by atoms with van der Waals surface area (Å²) in [6.45, 7) is 12.2. The molecular weight excluding hydrogens is 308 g/mol. The SMILES string of the molecule is C=C1C(=O)O[C@@H]2[C@H]3C(C)=C(O)C(=O)C3=C(C)C[C@@H](OCC(C)C)[C@@H]12. The second kappa shape index (κ2) is 5.88. The van der Waals surface area contributed by atoms with Crippen molar-refractivity contribution in [2.75, 3.05) is 6.61 Å². The summed E-state index contributed by atoms with van der Waals surface area (Å²) in [5, 5.41) is 10.1. The molecule has 0 aromatic carbocycles. The van der Waals surface area contributed by atoms with E-state index in [4.69, 9.17) is 9.47 Å². The molecule has 4 atom stereocenters. The van der Waals surface area contributed by atoms with E-state index in [1.807, 2.05) is 6.92 Å². The standard InChI is InChI=1S/C19H24O5/c1-8(2)7-23-12-6-9(3)13-15(10(4)16(20)17(13)21)18-14(12)11(5)19(22)24-18/h8,12,14-15,18,20H,5-7H2,1-4H3/t12-,14-,15+,18+/m1/s1. The van der Waals surface area contributed by atoms with Gasteiger partial charge in [-0.25, -0.2) is 4.79 Å². The largest absolute Gasteiger partial charge is 0.504 e. The molecule has 1 heterocycles. The first-order valence-electron chi connectivity index (χ1n) is 8.39. The third-order valence-electron chi connectivity index (χ3n) is 5.21. The molecule has 1 N–H and O–H groups in total. The Morgan fingerprint density at radius 2 is 2.00 bits per heavy atom. The van der Waals surface area contributed by atoms with Crippen LogP contribution in [0.2, 0.25) is 0 Å². The number of ketones is 1. The van der Waals surface area contributed by atoms with E-state index in [1.54, 1.807) is 6.92 Å². The highest BCUT2D eigenvalue weighted by atomic mass is 16.6. The van der Waals surface area contributed by atoms with Gasteiger partial charge in [-0.15, -0.1) is 0 Å². The molecule has 130 valence electrons. The molecular formula is C19H24O5. The topological polar surface area (TPSA) is 72.8 Å². The minimum Gasteiger partial charge on any atom is -0.504 e. The Hall–Kier alpha value is -1.88. The van der Waals surface area contributed by atoms with Crippen LogP contribution in [0.3, 0.4) is 0 Å². The second-order valence-electron chi connectivity index (χ2n) is 7.42. The van der Waals surface area contributed by atoms with Crippen LogP contribution in [-0.4, -0.2) is 35.7 Å². The first-order chi connectivity index (χ1) is 11.2. The number of hydrogen-bond acceptors (Lipinski definition) is 5. The minimum atomic E-state index is -0.539. The van der Waals surface area contributed by atoms with Crippen LogP contribution in [0, 0.1) is 17.8 Å². The van der Waals surface area contributed by atoms with E-state index < -0.39 is 18.0 Å². The maximum absolute atomic E-state index is 12.5. The van der Waals surface area contributed by atoms with Crippen molar-refractivity contribution >= 4 is 11.8 Å². The van der Waals surface area contributed by atoms with Crippen molar-refractivity contribution in [3.63, 3.8) is 0 Å². The fourth-order valence-corrected chi connectivity index (χ4v) is 4.02. The van der Waals surface area contributed by atoms with E-state index in [0.29, 0.717) is 35.7 Å². The molecule has 1 aliphatic heterocycles. The number of carbonyl (C=O) groups is 2. The van der Waals surface area contributed by atoms with Crippen molar-refractivity contribution in [3.05, 3.63) is 34.6 Å². The summed E-state index contributed by atoms with van der Waals surface area (Å²) in [7, 11) is 0. The Bertz CT molecular complexity index is 682. The van der Waals surface area contributed by atoms with Crippen LogP contribution in [0.1, 0.15) is 34.1 Å². The first kappa shape index (κ1) is 17.0. The zero-order valence-electron chi connectivity index (χ0n) is 14.6. The molecule has 5 nitrogen and oxygen atoms in total. The zero-order chi connectivity index (χ0) is 17.8. The molecule has 1 saturated heterocycles. The molecule has 0 saturated carbocycles. The van der Waals surface area contributed by atoms with Crippen LogP contribution in [-0.2, 0) is 19.1 Å². The van der Waals surface area contributed by atoms with Crippen molar-refractivity contribution in [1.29, 1.82) is 0 Å². The number of fused-ring (bicyclic) bond motifs is 3. The van der Waals surface area contributed by atoms with E-state index in [2.05, 4.69) is 20.4 Å². The Kier molecular flexibility index (Phi) is 4.16. The summed E-state index contributed by atoms with van der Waals surface area (Å²) >= 11 is 0. The first-order valence-corrected chi connectivity index (χ1v) is 8.39. The number of aliphatic hydroxyl groups is 1. The number of rotatable bonds is 3. The van der Waals surface area contributed by atoms with Crippen LogP contribution >= 0.6 is 0 Å². The van der Waals surface area contributed by atoms with Crippen molar-refractivity contribution in [2.24, 2.45) is 17.8 Å². The van der Waals surface area contributed by atoms with E-state index in [9.17, 15) is 14.7 Å². The third-order valence-corrected chi connectivity index (χ3v) is 5.21. The van der Waals surface area contributed by atoms with Gasteiger partial charge >= 0.3 is 5.97 Å². The van der Waals surface area contributed by atoms with Gasteiger partial charge in [0.2, 0.25) is 5.78 Å². The van der Waals surface area contributed by atoms with Gasteiger partial charge in [-0.3, -0.25) is 4.79 Å². The summed E-state index contributed by atoms with van der Waals surface area (Å²) in [6.07, 6.45) is -0.262. The molecule has 24 heavy (non-hydrogen) atoms. The number of allylic oxidation sites excluding steroid dienone is 1. The van der Waals surface area contributed by atoms with Crippen molar-refractivity contribution in [3.8, 4) is 0 Å². The molecule has 1 fully saturated rings. The Labute approximate surface area is 142 Å². The lowest BCUT2D eigenvalue weighted by Gasteiger charge is -2.28. The maximum Gasteiger partial charge on any atom is 0.334 e. The number of ether oxygens (including phenoxy) is 2. The minimum absolute atomic E-state index is 0.219. The molecule has 0 aromatic heterocycles. The number of aliphatic hydroxyl groups excluding tert-OH is 1. The fraction of sp³-hybridized carbons (Fsp3) is 0.579. The van der Waals surface area contributed by atoms with Crippen LogP contribution in [0.4, 0.5) is 0 Å². The smallest absolute Gasteiger partial charge is 0.334 e. The normalized spacial score (nSPS) is 33.1. The molecule has 0 spiro atoms. The summed E-state index contributed by atoms with van der Waals surface area (Å²) in [5.41, 5.74) is 2.41. The molecule has 0 bridgehead atoms. The molecule has 0 radical (unpaired) electrons. The van der Waals surface area contributed by atoms with Gasteiger partial charge in [0.15, 0.2) is 5.76 Å². The quantitative estimate of drug-likeness (QED) is 0.635. The lowest BCUT2D eigenvalue weighted by Crippen LogP contribution is -2.35. The van der Waals surface area contributed by atoms with Crippen LogP contribution < -0.4 is 0 Å². The average Bonchev–Trinajstić information content (AvgIpc) is 2.87. The second-order valence-corrected chi connectivity index (χ2v) is 7.42. The van der Waals surface area contributed by atoms with Gasteiger partial charge in [0.25, 0.3) is 0 Å². The van der Waals surface area contributed by atoms with Crippen LogP contribution in [0.5, 0.6) is 0 Å². The third kappa shape index (κ3) is 2.42. The highest BCUT2D eigenvalue weighted by Gasteiger charge is 2.54. The van der Waals surface area contributed by atoms with Gasteiger partial charge in [-0.2, -0.15) is 0 Å². The predicted molar refractivity (Wildman–Crippen MR) is 88.2 cm³/mol. The molecule has 0 aromatic rings. The molecule has 0 amide bonds. The van der Waals surface area contributed by atoms with E-state index in [1.165, 1.54) is 0 Å². The Morgan fingerprint density at radius 1 is 1.33 bits per heavy atom. The number of carbonyl (C=O) groups excluding carboxylic acids is 2. The predicted octanol–water partition coefficient (Wildman–Crippen LogP) is 2.88. The van der Waals surface area contributed by atoms with Crippen LogP contribution in [0.25, 0.3) is 0 Å². The molecule has 2 aliphatic carbocycles. The summed E-state index contributed by atoms with van der Waals surface area (Å²) < 4.78 is 11.6. The van der Waals surface area contributed by atoms with Crippen molar-refractivity contribution in [1.82, 2.24) is 0 Å². The highest BCUT2D eigenvalue weighted by Crippen LogP contribution is 2.49. The van der Waals surface area contributed by atoms with Crippen LogP contribution in [0.15, 0.2) is 34.6 Å². The molecule has 0 unspecified atom stereocenters. The van der Waals surface area contributed by atoms with E-state index >= 15 is 0 Å². The summed E-state index contributed by atoms with van der Waals surface area (Å²) in [5.74, 6) is -1.36. The van der Waals surface area contributed by atoms with Crippen molar-refractivity contribution in [2.45, 2.75) is 46.3 Å². The molecule has 3 rings (SSSR count).